The van der Waals surface area contributed by atoms with Gasteiger partial charge in [0.1, 0.15) is 6.26 Å². The Labute approximate surface area is 189 Å². The number of carbonyl (C=O) groups excluding carboxylic acids is 2. The van der Waals surface area contributed by atoms with E-state index in [2.05, 4.69) is 20.5 Å². The van der Waals surface area contributed by atoms with Gasteiger partial charge in [0.2, 0.25) is 0 Å². The quantitative estimate of drug-likeness (QED) is 0.353. The molecular weight excluding hydrogens is 424 g/mol. The summed E-state index contributed by atoms with van der Waals surface area (Å²) in [5, 5.41) is 12.1. The Hall–Kier alpha value is -4.15. The molecule has 0 spiro atoms. The van der Waals surface area contributed by atoms with Crippen molar-refractivity contribution in [3.8, 4) is 11.1 Å². The fraction of sp³-hybridized carbons (Fsp3) is 0.318. The van der Waals surface area contributed by atoms with Gasteiger partial charge in [0, 0.05) is 36.1 Å². The molecule has 172 valence electrons. The summed E-state index contributed by atoms with van der Waals surface area (Å²) in [4.78, 5) is 27.8. The molecule has 11 nitrogen and oxygen atoms in total. The smallest absolute Gasteiger partial charge is 0.270 e. The first kappa shape index (κ1) is 22.1. The van der Waals surface area contributed by atoms with Gasteiger partial charge in [-0.1, -0.05) is 6.92 Å². The second-order valence-corrected chi connectivity index (χ2v) is 7.82. The van der Waals surface area contributed by atoms with Gasteiger partial charge in [-0.05, 0) is 26.3 Å². The molecule has 11 heteroatoms. The fourth-order valence-electron chi connectivity index (χ4n) is 3.88. The van der Waals surface area contributed by atoms with Crippen LogP contribution in [-0.2, 0) is 6.54 Å². The molecule has 5 N–H and O–H groups in total. The molecule has 0 aliphatic rings. The first-order chi connectivity index (χ1) is 15.8. The summed E-state index contributed by atoms with van der Waals surface area (Å²) in [7, 11) is 0. The predicted molar refractivity (Wildman–Crippen MR) is 122 cm³/mol. The summed E-state index contributed by atoms with van der Waals surface area (Å²) in [6, 6.07) is 1.71. The maximum atomic E-state index is 12.2. The average Bonchev–Trinajstić information content (AvgIpc) is 3.53. The highest BCUT2D eigenvalue weighted by Crippen LogP contribution is 2.31. The van der Waals surface area contributed by atoms with Gasteiger partial charge in [0.25, 0.3) is 11.8 Å². The third kappa shape index (κ3) is 4.16. The molecule has 0 aromatic carbocycles. The number of nitrogens with one attached hydrogen (secondary N) is 1. The SMILES string of the molecule is CC[C@@H](c1nc(C(N)=O)co1)[C@@H](C)Nc1c(C(N)=O)cnn2cc(-c3cnn(CC)c3)cc12. The van der Waals surface area contributed by atoms with Crippen molar-refractivity contribution in [2.24, 2.45) is 11.5 Å². The monoisotopic (exact) mass is 450 g/mol. The number of nitrogens with zero attached hydrogens (tertiary/aromatic N) is 5. The van der Waals surface area contributed by atoms with Gasteiger partial charge in [-0.25, -0.2) is 9.50 Å². The maximum Gasteiger partial charge on any atom is 0.270 e. The van der Waals surface area contributed by atoms with E-state index in [1.54, 1.807) is 10.7 Å². The molecule has 0 bridgehead atoms. The topological polar surface area (TPSA) is 159 Å². The van der Waals surface area contributed by atoms with Crippen LogP contribution >= 0.6 is 0 Å². The Bertz CT molecular complexity index is 1320. The number of aryl methyl sites for hydroxylation is 1. The number of amides is 2. The second kappa shape index (κ2) is 8.77. The molecule has 4 aromatic rings. The Morgan fingerprint density at radius 1 is 1.12 bits per heavy atom. The minimum Gasteiger partial charge on any atom is -0.448 e. The summed E-state index contributed by atoms with van der Waals surface area (Å²) < 4.78 is 9.04. The van der Waals surface area contributed by atoms with Gasteiger partial charge < -0.3 is 21.2 Å². The number of fused-ring (bicyclic) bond motifs is 1. The number of anilines is 1. The van der Waals surface area contributed by atoms with Crippen LogP contribution < -0.4 is 16.8 Å². The van der Waals surface area contributed by atoms with Gasteiger partial charge in [-0.15, -0.1) is 0 Å². The molecular formula is C22H26N8O3. The van der Waals surface area contributed by atoms with Crippen LogP contribution in [0.4, 0.5) is 5.69 Å². The highest BCUT2D eigenvalue weighted by molar-refractivity contribution is 6.02. The van der Waals surface area contributed by atoms with Crippen molar-refractivity contribution in [1.82, 2.24) is 24.4 Å². The zero-order valence-corrected chi connectivity index (χ0v) is 18.6. The highest BCUT2D eigenvalue weighted by atomic mass is 16.3. The van der Waals surface area contributed by atoms with Crippen LogP contribution in [-0.4, -0.2) is 42.2 Å². The summed E-state index contributed by atoms with van der Waals surface area (Å²) in [5.41, 5.74) is 14.4. The zero-order chi connectivity index (χ0) is 23.7. The van der Waals surface area contributed by atoms with Crippen molar-refractivity contribution in [1.29, 1.82) is 0 Å². The van der Waals surface area contributed by atoms with Crippen LogP contribution in [0.3, 0.4) is 0 Å². The van der Waals surface area contributed by atoms with E-state index < -0.39 is 11.8 Å². The van der Waals surface area contributed by atoms with Crippen LogP contribution in [0.25, 0.3) is 16.6 Å². The minimum absolute atomic E-state index is 0.0728. The Balaban J connectivity index is 1.73. The molecule has 0 aliphatic heterocycles. The predicted octanol–water partition coefficient (Wildman–Crippen LogP) is 2.40. The number of oxazole rings is 1. The Kier molecular flexibility index (Phi) is 5.86. The van der Waals surface area contributed by atoms with Crippen molar-refractivity contribution >= 4 is 23.0 Å². The fourth-order valence-corrected chi connectivity index (χ4v) is 3.88. The number of carbonyl (C=O) groups is 2. The molecule has 2 amide bonds. The maximum absolute atomic E-state index is 12.2. The first-order valence-electron chi connectivity index (χ1n) is 10.7. The number of primary amides is 2. The number of hydrogen-bond donors (Lipinski definition) is 3. The molecule has 0 saturated carbocycles. The largest absolute Gasteiger partial charge is 0.448 e. The molecule has 0 fully saturated rings. The zero-order valence-electron chi connectivity index (χ0n) is 18.6. The lowest BCUT2D eigenvalue weighted by atomic mass is 9.97. The van der Waals surface area contributed by atoms with Crippen molar-refractivity contribution in [3.63, 3.8) is 0 Å². The minimum atomic E-state index is -0.653. The lowest BCUT2D eigenvalue weighted by Gasteiger charge is -2.23. The van der Waals surface area contributed by atoms with Gasteiger partial charge in [0.15, 0.2) is 11.6 Å². The lowest BCUT2D eigenvalue weighted by molar-refractivity contribution is 0.0989. The standard InChI is InChI=1S/C22H26N8O3/c1-4-15(22-28-17(11-33-22)21(24)32)12(3)27-19-16(20(23)31)8-26-30-10-13(6-18(19)30)14-7-25-29(5-2)9-14/h6-12,15,27H,4-5H2,1-3H3,(H2,23,31)(H2,24,32)/t12-,15-/m1/s1. The van der Waals surface area contributed by atoms with Crippen LogP contribution in [0.5, 0.6) is 0 Å². The van der Waals surface area contributed by atoms with Crippen molar-refractivity contribution < 1.29 is 14.0 Å². The van der Waals surface area contributed by atoms with E-state index in [0.717, 1.165) is 17.7 Å². The summed E-state index contributed by atoms with van der Waals surface area (Å²) in [5.74, 6) is -1.05. The Morgan fingerprint density at radius 3 is 2.52 bits per heavy atom. The third-order valence-electron chi connectivity index (χ3n) is 5.70. The van der Waals surface area contributed by atoms with Crippen LogP contribution in [0, 0.1) is 0 Å². The molecule has 4 heterocycles. The van der Waals surface area contributed by atoms with E-state index in [4.69, 9.17) is 15.9 Å². The van der Waals surface area contributed by atoms with Crippen molar-refractivity contribution in [2.75, 3.05) is 5.32 Å². The molecule has 0 aliphatic carbocycles. The summed E-state index contributed by atoms with van der Waals surface area (Å²) >= 11 is 0. The molecule has 0 saturated heterocycles. The first-order valence-corrected chi connectivity index (χ1v) is 10.7. The van der Waals surface area contributed by atoms with Gasteiger partial charge in [-0.3, -0.25) is 14.3 Å². The summed E-state index contributed by atoms with van der Waals surface area (Å²) in [6.45, 7) is 6.70. The molecule has 33 heavy (non-hydrogen) atoms. The third-order valence-corrected chi connectivity index (χ3v) is 5.70. The van der Waals surface area contributed by atoms with Crippen molar-refractivity contribution in [2.45, 2.75) is 45.7 Å². The molecule has 4 rings (SSSR count). The van der Waals surface area contributed by atoms with Crippen LogP contribution in [0.1, 0.15) is 59.8 Å². The van der Waals surface area contributed by atoms with E-state index >= 15 is 0 Å². The normalized spacial score (nSPS) is 13.2. The number of aromatic nitrogens is 5. The van der Waals surface area contributed by atoms with E-state index in [1.165, 1.54) is 12.5 Å². The van der Waals surface area contributed by atoms with Crippen LogP contribution in [0.15, 0.2) is 41.5 Å². The Morgan fingerprint density at radius 2 is 1.91 bits per heavy atom. The van der Waals surface area contributed by atoms with E-state index in [-0.39, 0.29) is 23.2 Å². The van der Waals surface area contributed by atoms with Gasteiger partial charge in [-0.2, -0.15) is 10.2 Å². The van der Waals surface area contributed by atoms with Gasteiger partial charge in [0.05, 0.1) is 35.1 Å². The van der Waals surface area contributed by atoms with E-state index in [1.807, 2.05) is 43.9 Å². The van der Waals surface area contributed by atoms with Gasteiger partial charge >= 0.3 is 0 Å². The molecule has 4 aromatic heterocycles. The summed E-state index contributed by atoms with van der Waals surface area (Å²) in [6.07, 6.45) is 8.98. The van der Waals surface area contributed by atoms with Crippen LogP contribution in [0.2, 0.25) is 0 Å². The lowest BCUT2D eigenvalue weighted by Crippen LogP contribution is -2.27. The average molecular weight is 451 g/mol. The number of nitrogens with two attached hydrogens (primary N) is 2. The molecule has 2 atom stereocenters. The van der Waals surface area contributed by atoms with E-state index in [0.29, 0.717) is 23.5 Å². The highest BCUT2D eigenvalue weighted by Gasteiger charge is 2.26. The second-order valence-electron chi connectivity index (χ2n) is 7.82. The van der Waals surface area contributed by atoms with E-state index in [9.17, 15) is 9.59 Å². The number of rotatable bonds is 9. The number of hydrogen-bond acceptors (Lipinski definition) is 7. The van der Waals surface area contributed by atoms with Crippen molar-refractivity contribution in [3.05, 3.63) is 54.3 Å². The molecule has 0 radical (unpaired) electrons. The molecule has 0 unspecified atom stereocenters.